The second kappa shape index (κ2) is 7.27. The molecule has 114 valence electrons. The van der Waals surface area contributed by atoms with Gasteiger partial charge in [0.15, 0.2) is 0 Å². The van der Waals surface area contributed by atoms with Gasteiger partial charge in [-0.3, -0.25) is 0 Å². The highest BCUT2D eigenvalue weighted by atomic mass is 16.5. The van der Waals surface area contributed by atoms with Gasteiger partial charge in [0.1, 0.15) is 11.6 Å². The summed E-state index contributed by atoms with van der Waals surface area (Å²) in [5, 5.41) is 3.57. The largest absolute Gasteiger partial charge is 0.496 e. The molecule has 2 aromatic rings. The predicted molar refractivity (Wildman–Crippen MR) is 85.7 cm³/mol. The van der Waals surface area contributed by atoms with Crippen LogP contribution >= 0.6 is 0 Å². The van der Waals surface area contributed by atoms with Gasteiger partial charge in [0, 0.05) is 31.9 Å². The molecule has 0 fully saturated rings. The minimum atomic E-state index is 0.344. The van der Waals surface area contributed by atoms with Crippen LogP contribution in [0.4, 0.5) is 0 Å². The molecule has 0 aliphatic carbocycles. The van der Waals surface area contributed by atoms with Gasteiger partial charge in [0.2, 0.25) is 0 Å². The molecule has 1 aromatic carbocycles. The van der Waals surface area contributed by atoms with Gasteiger partial charge in [-0.05, 0) is 37.1 Å². The lowest BCUT2D eigenvalue weighted by Crippen LogP contribution is -2.22. The Bertz CT molecular complexity index is 577. The van der Waals surface area contributed by atoms with E-state index < -0.39 is 0 Å². The van der Waals surface area contributed by atoms with E-state index in [0.29, 0.717) is 6.04 Å². The topological polar surface area (TPSA) is 39.1 Å². The molecule has 1 unspecified atom stereocenters. The van der Waals surface area contributed by atoms with Gasteiger partial charge in [-0.1, -0.05) is 19.1 Å². The number of ether oxygens (including phenoxy) is 1. The summed E-state index contributed by atoms with van der Waals surface area (Å²) >= 11 is 0. The van der Waals surface area contributed by atoms with Crippen molar-refractivity contribution in [2.24, 2.45) is 7.05 Å². The van der Waals surface area contributed by atoms with E-state index in [2.05, 4.69) is 46.9 Å². The average molecular weight is 287 g/mol. The Hall–Kier alpha value is -1.81. The molecule has 0 bridgehead atoms. The Labute approximate surface area is 127 Å². The van der Waals surface area contributed by atoms with Gasteiger partial charge >= 0.3 is 0 Å². The van der Waals surface area contributed by atoms with Crippen LogP contribution < -0.4 is 10.1 Å². The van der Waals surface area contributed by atoms with Crippen LogP contribution in [0.15, 0.2) is 30.6 Å². The summed E-state index contributed by atoms with van der Waals surface area (Å²) in [6, 6.07) is 6.76. The number of methoxy groups -OCH3 is 1. The average Bonchev–Trinajstić information content (AvgIpc) is 2.89. The van der Waals surface area contributed by atoms with Crippen molar-refractivity contribution in [2.45, 2.75) is 32.7 Å². The van der Waals surface area contributed by atoms with E-state index >= 15 is 0 Å². The van der Waals surface area contributed by atoms with Crippen molar-refractivity contribution in [3.63, 3.8) is 0 Å². The summed E-state index contributed by atoms with van der Waals surface area (Å²) in [6.07, 6.45) is 5.85. The van der Waals surface area contributed by atoms with Crippen LogP contribution in [0, 0.1) is 6.92 Å². The van der Waals surface area contributed by atoms with E-state index in [9.17, 15) is 0 Å². The highest BCUT2D eigenvalue weighted by molar-refractivity contribution is 5.37. The molecule has 4 heteroatoms. The number of imidazole rings is 1. The minimum absolute atomic E-state index is 0.344. The number of hydrogen-bond donors (Lipinski definition) is 1. The van der Waals surface area contributed by atoms with Crippen molar-refractivity contribution in [2.75, 3.05) is 13.7 Å². The quantitative estimate of drug-likeness (QED) is 0.851. The normalized spacial score (nSPS) is 12.4. The lowest BCUT2D eigenvalue weighted by molar-refractivity contribution is 0.411. The molecule has 0 saturated carbocycles. The Morgan fingerprint density at radius 3 is 2.76 bits per heavy atom. The van der Waals surface area contributed by atoms with Crippen LogP contribution in [0.3, 0.4) is 0 Å². The highest BCUT2D eigenvalue weighted by Crippen LogP contribution is 2.25. The Kier molecular flexibility index (Phi) is 5.39. The SMILES string of the molecule is CCNC(CCc1nccn1C)c1ccc(OC)c(C)c1. The van der Waals surface area contributed by atoms with Gasteiger partial charge in [-0.15, -0.1) is 0 Å². The van der Waals surface area contributed by atoms with Gasteiger partial charge < -0.3 is 14.6 Å². The molecular weight excluding hydrogens is 262 g/mol. The first-order valence-corrected chi connectivity index (χ1v) is 7.49. The third kappa shape index (κ3) is 3.85. The van der Waals surface area contributed by atoms with Crippen LogP contribution in [0.1, 0.15) is 36.3 Å². The first kappa shape index (κ1) is 15.6. The molecule has 1 aromatic heterocycles. The molecule has 0 amide bonds. The summed E-state index contributed by atoms with van der Waals surface area (Å²) in [5.41, 5.74) is 2.49. The number of aromatic nitrogens is 2. The van der Waals surface area contributed by atoms with Gasteiger partial charge in [0.05, 0.1) is 7.11 Å². The summed E-state index contributed by atoms with van der Waals surface area (Å²) < 4.78 is 7.43. The number of nitrogens with zero attached hydrogens (tertiary/aromatic N) is 2. The number of rotatable bonds is 7. The van der Waals surface area contributed by atoms with Crippen molar-refractivity contribution in [1.29, 1.82) is 0 Å². The minimum Gasteiger partial charge on any atom is -0.496 e. The maximum absolute atomic E-state index is 5.34. The predicted octanol–water partition coefficient (Wildman–Crippen LogP) is 3.02. The third-order valence-electron chi connectivity index (χ3n) is 3.85. The van der Waals surface area contributed by atoms with E-state index in [-0.39, 0.29) is 0 Å². The molecule has 0 radical (unpaired) electrons. The second-order valence-electron chi connectivity index (χ2n) is 5.33. The third-order valence-corrected chi connectivity index (χ3v) is 3.85. The fraction of sp³-hybridized carbons (Fsp3) is 0.471. The molecule has 4 nitrogen and oxygen atoms in total. The van der Waals surface area contributed by atoms with Crippen molar-refractivity contribution < 1.29 is 4.74 Å². The highest BCUT2D eigenvalue weighted by Gasteiger charge is 2.13. The number of benzene rings is 1. The first-order valence-electron chi connectivity index (χ1n) is 7.49. The summed E-state index contributed by atoms with van der Waals surface area (Å²) in [4.78, 5) is 4.40. The standard InChI is InChI=1S/C17H25N3O/c1-5-18-15(7-9-17-19-10-11-20(17)3)14-6-8-16(21-4)13(2)12-14/h6,8,10-12,15,18H,5,7,9H2,1-4H3. The summed E-state index contributed by atoms with van der Waals surface area (Å²) in [7, 11) is 3.76. The fourth-order valence-corrected chi connectivity index (χ4v) is 2.66. The molecule has 0 aliphatic heterocycles. The number of hydrogen-bond acceptors (Lipinski definition) is 3. The Morgan fingerprint density at radius 1 is 1.38 bits per heavy atom. The molecule has 2 rings (SSSR count). The van der Waals surface area contributed by atoms with Crippen LogP contribution in [0.5, 0.6) is 5.75 Å². The zero-order valence-electron chi connectivity index (χ0n) is 13.4. The van der Waals surface area contributed by atoms with Crippen molar-refractivity contribution >= 4 is 0 Å². The molecule has 21 heavy (non-hydrogen) atoms. The van der Waals surface area contributed by atoms with E-state index in [1.807, 2.05) is 19.4 Å². The van der Waals surface area contributed by atoms with Crippen LogP contribution in [0.25, 0.3) is 0 Å². The Balaban J connectivity index is 2.11. The number of aryl methyl sites for hydroxylation is 3. The van der Waals surface area contributed by atoms with Gasteiger partial charge in [0.25, 0.3) is 0 Å². The smallest absolute Gasteiger partial charge is 0.121 e. The van der Waals surface area contributed by atoms with Crippen LogP contribution in [-0.4, -0.2) is 23.2 Å². The molecule has 1 N–H and O–H groups in total. The van der Waals surface area contributed by atoms with E-state index in [4.69, 9.17) is 4.74 Å². The van der Waals surface area contributed by atoms with Gasteiger partial charge in [-0.25, -0.2) is 4.98 Å². The fourth-order valence-electron chi connectivity index (χ4n) is 2.66. The Morgan fingerprint density at radius 2 is 2.19 bits per heavy atom. The monoisotopic (exact) mass is 287 g/mol. The molecule has 0 saturated heterocycles. The van der Waals surface area contributed by atoms with E-state index in [1.165, 1.54) is 11.1 Å². The second-order valence-corrected chi connectivity index (χ2v) is 5.33. The zero-order valence-corrected chi connectivity index (χ0v) is 13.4. The van der Waals surface area contributed by atoms with Crippen molar-refractivity contribution in [3.05, 3.63) is 47.5 Å². The van der Waals surface area contributed by atoms with Crippen LogP contribution in [0.2, 0.25) is 0 Å². The molecular formula is C17H25N3O. The van der Waals surface area contributed by atoms with Crippen molar-refractivity contribution in [1.82, 2.24) is 14.9 Å². The first-order chi connectivity index (χ1) is 10.2. The number of nitrogens with one attached hydrogen (secondary N) is 1. The summed E-state index contributed by atoms with van der Waals surface area (Å²) in [5.74, 6) is 2.07. The molecule has 1 heterocycles. The zero-order chi connectivity index (χ0) is 15.2. The lowest BCUT2D eigenvalue weighted by atomic mass is 9.99. The summed E-state index contributed by atoms with van der Waals surface area (Å²) in [6.45, 7) is 5.19. The lowest BCUT2D eigenvalue weighted by Gasteiger charge is -2.19. The van der Waals surface area contributed by atoms with Crippen molar-refractivity contribution in [3.8, 4) is 5.75 Å². The van der Waals surface area contributed by atoms with Crippen LogP contribution in [-0.2, 0) is 13.5 Å². The van der Waals surface area contributed by atoms with E-state index in [1.54, 1.807) is 7.11 Å². The molecule has 1 atom stereocenters. The van der Waals surface area contributed by atoms with Gasteiger partial charge in [-0.2, -0.15) is 0 Å². The maximum atomic E-state index is 5.34. The maximum Gasteiger partial charge on any atom is 0.121 e. The van der Waals surface area contributed by atoms with E-state index in [0.717, 1.165) is 31.0 Å². The molecule has 0 aliphatic rings. The molecule has 0 spiro atoms.